The van der Waals surface area contributed by atoms with E-state index in [1.807, 2.05) is 0 Å². The van der Waals surface area contributed by atoms with Crippen molar-refractivity contribution in [2.75, 3.05) is 26.3 Å². The highest BCUT2D eigenvalue weighted by Gasteiger charge is 2.22. The molecule has 0 bridgehead atoms. The number of nitrogens with one attached hydrogen (secondary N) is 2. The molecule has 0 heterocycles. The van der Waals surface area contributed by atoms with Gasteiger partial charge in [0.2, 0.25) is 5.91 Å². The largest absolute Gasteiger partial charge is 0.508 e. The van der Waals surface area contributed by atoms with Crippen molar-refractivity contribution in [2.45, 2.75) is 32.6 Å². The molecule has 1 aliphatic carbocycles. The Morgan fingerprint density at radius 3 is 2.38 bits per heavy atom. The average Bonchev–Trinajstić information content (AvgIpc) is 2.64. The lowest BCUT2D eigenvalue weighted by Crippen LogP contribution is -2.35. The van der Waals surface area contributed by atoms with Crippen LogP contribution in [0.5, 0.6) is 11.5 Å². The minimum absolute atomic E-state index is 0.00310. The first-order valence-corrected chi connectivity index (χ1v) is 9.10. The number of hydrogen-bond acceptors (Lipinski definition) is 5. The van der Waals surface area contributed by atoms with Crippen molar-refractivity contribution < 1.29 is 24.2 Å². The Morgan fingerprint density at radius 2 is 1.73 bits per heavy atom. The van der Waals surface area contributed by atoms with Gasteiger partial charge in [-0.1, -0.05) is 6.42 Å². The quantitative estimate of drug-likeness (QED) is 0.616. The number of benzene rings is 1. The fourth-order valence-electron chi connectivity index (χ4n) is 3.18. The number of amides is 2. The summed E-state index contributed by atoms with van der Waals surface area (Å²) in [7, 11) is 0. The Balaban J connectivity index is 1.56. The van der Waals surface area contributed by atoms with Crippen LogP contribution < -0.4 is 15.4 Å². The van der Waals surface area contributed by atoms with Gasteiger partial charge in [-0.3, -0.25) is 4.79 Å². The Bertz CT molecular complexity index is 576. The van der Waals surface area contributed by atoms with Crippen molar-refractivity contribution in [3.8, 4) is 11.5 Å². The molecule has 1 fully saturated rings. The second-order valence-corrected chi connectivity index (χ2v) is 6.69. The van der Waals surface area contributed by atoms with Crippen LogP contribution in [0.2, 0.25) is 0 Å². The third-order valence-corrected chi connectivity index (χ3v) is 4.49. The van der Waals surface area contributed by atoms with E-state index in [2.05, 4.69) is 10.6 Å². The topological polar surface area (TPSA) is 96.9 Å². The molecule has 1 aliphatic rings. The van der Waals surface area contributed by atoms with Gasteiger partial charge in [0.05, 0.1) is 0 Å². The number of carbonyl (C=O) groups excluding carboxylic acids is 2. The van der Waals surface area contributed by atoms with Crippen LogP contribution in [0.3, 0.4) is 0 Å². The molecule has 0 spiro atoms. The van der Waals surface area contributed by atoms with Gasteiger partial charge in [0.15, 0.2) is 0 Å². The van der Waals surface area contributed by atoms with E-state index >= 15 is 0 Å². The molecule has 7 heteroatoms. The molecule has 1 saturated carbocycles. The zero-order chi connectivity index (χ0) is 18.8. The van der Waals surface area contributed by atoms with Gasteiger partial charge < -0.3 is 25.2 Å². The molecule has 144 valence electrons. The van der Waals surface area contributed by atoms with Crippen LogP contribution in [-0.2, 0) is 9.53 Å². The van der Waals surface area contributed by atoms with Gasteiger partial charge in [-0.05, 0) is 55.4 Å². The van der Waals surface area contributed by atoms with E-state index in [4.69, 9.17) is 9.47 Å². The minimum atomic E-state index is -0.441. The van der Waals surface area contributed by atoms with Crippen LogP contribution in [0.25, 0.3) is 0 Å². The SMILES string of the molecule is CC(=O)NCC1CCCC(CNC(=O)OCCOc2ccc(O)cc2)C1. The molecule has 7 nitrogen and oxygen atoms in total. The fourth-order valence-corrected chi connectivity index (χ4v) is 3.18. The number of phenols is 1. The molecular formula is C19H28N2O5. The number of hydrogen-bond donors (Lipinski definition) is 3. The molecule has 1 aromatic rings. The van der Waals surface area contributed by atoms with E-state index in [1.54, 1.807) is 12.1 Å². The van der Waals surface area contributed by atoms with Crippen molar-refractivity contribution in [1.82, 2.24) is 10.6 Å². The van der Waals surface area contributed by atoms with Crippen molar-refractivity contribution >= 4 is 12.0 Å². The number of ether oxygens (including phenoxy) is 2. The number of phenolic OH excluding ortho intramolecular Hbond substituents is 1. The van der Waals surface area contributed by atoms with Crippen molar-refractivity contribution in [1.29, 1.82) is 0 Å². The first-order chi connectivity index (χ1) is 12.5. The van der Waals surface area contributed by atoms with Crippen LogP contribution in [0.4, 0.5) is 4.79 Å². The Hall–Kier alpha value is -2.44. The van der Waals surface area contributed by atoms with E-state index in [0.29, 0.717) is 30.7 Å². The summed E-state index contributed by atoms with van der Waals surface area (Å²) < 4.78 is 10.5. The van der Waals surface area contributed by atoms with Gasteiger partial charge in [0.1, 0.15) is 24.7 Å². The predicted octanol–water partition coefficient (Wildman–Crippen LogP) is 2.44. The highest BCUT2D eigenvalue weighted by molar-refractivity contribution is 5.72. The van der Waals surface area contributed by atoms with Crippen LogP contribution in [-0.4, -0.2) is 43.4 Å². The van der Waals surface area contributed by atoms with Crippen LogP contribution in [0.1, 0.15) is 32.6 Å². The van der Waals surface area contributed by atoms with Crippen molar-refractivity contribution in [2.24, 2.45) is 11.8 Å². The summed E-state index contributed by atoms with van der Waals surface area (Å²) >= 11 is 0. The summed E-state index contributed by atoms with van der Waals surface area (Å²) in [6.07, 6.45) is 3.89. The van der Waals surface area contributed by atoms with Gasteiger partial charge >= 0.3 is 6.09 Å². The molecule has 26 heavy (non-hydrogen) atoms. The number of carbonyl (C=O) groups is 2. The maximum atomic E-state index is 11.8. The standard InChI is InChI=1S/C19H28N2O5/c1-14(22)20-12-15-3-2-4-16(11-15)13-21-19(24)26-10-9-25-18-7-5-17(23)6-8-18/h5-8,15-16,23H,2-4,9-13H2,1H3,(H,20,22)(H,21,24). The Kier molecular flexibility index (Phi) is 8.05. The Morgan fingerprint density at radius 1 is 1.08 bits per heavy atom. The molecule has 0 saturated heterocycles. The van der Waals surface area contributed by atoms with Gasteiger partial charge in [-0.25, -0.2) is 4.79 Å². The summed E-state index contributed by atoms with van der Waals surface area (Å²) in [5, 5.41) is 14.9. The third-order valence-electron chi connectivity index (χ3n) is 4.49. The molecule has 2 unspecified atom stereocenters. The second-order valence-electron chi connectivity index (χ2n) is 6.69. The predicted molar refractivity (Wildman–Crippen MR) is 97.1 cm³/mol. The molecule has 0 aliphatic heterocycles. The van der Waals surface area contributed by atoms with E-state index in [-0.39, 0.29) is 24.9 Å². The zero-order valence-electron chi connectivity index (χ0n) is 15.2. The summed E-state index contributed by atoms with van der Waals surface area (Å²) in [5.74, 6) is 1.69. The molecule has 0 radical (unpaired) electrons. The first-order valence-electron chi connectivity index (χ1n) is 9.10. The maximum absolute atomic E-state index is 11.8. The average molecular weight is 364 g/mol. The first kappa shape index (κ1) is 19.9. The van der Waals surface area contributed by atoms with Crippen molar-refractivity contribution in [3.63, 3.8) is 0 Å². The highest BCUT2D eigenvalue weighted by Crippen LogP contribution is 2.28. The second kappa shape index (κ2) is 10.5. The van der Waals surface area contributed by atoms with Gasteiger partial charge in [0.25, 0.3) is 0 Å². The third kappa shape index (κ3) is 7.63. The van der Waals surface area contributed by atoms with E-state index in [0.717, 1.165) is 25.7 Å². The van der Waals surface area contributed by atoms with E-state index in [9.17, 15) is 14.7 Å². The smallest absolute Gasteiger partial charge is 0.407 e. The normalized spacial score (nSPS) is 19.4. The molecule has 2 amide bonds. The molecular weight excluding hydrogens is 336 g/mol. The number of alkyl carbamates (subject to hydrolysis) is 1. The molecule has 2 atom stereocenters. The lowest BCUT2D eigenvalue weighted by atomic mass is 9.81. The highest BCUT2D eigenvalue weighted by atomic mass is 16.6. The molecule has 0 aromatic heterocycles. The maximum Gasteiger partial charge on any atom is 0.407 e. The Labute approximate surface area is 154 Å². The van der Waals surface area contributed by atoms with Crippen LogP contribution in [0.15, 0.2) is 24.3 Å². The lowest BCUT2D eigenvalue weighted by molar-refractivity contribution is -0.119. The summed E-state index contributed by atoms with van der Waals surface area (Å²) in [6, 6.07) is 6.37. The monoisotopic (exact) mass is 364 g/mol. The molecule has 2 rings (SSSR count). The van der Waals surface area contributed by atoms with Crippen molar-refractivity contribution in [3.05, 3.63) is 24.3 Å². The van der Waals surface area contributed by atoms with Crippen LogP contribution in [0, 0.1) is 11.8 Å². The lowest BCUT2D eigenvalue weighted by Gasteiger charge is -2.29. The van der Waals surface area contributed by atoms with Gasteiger partial charge in [0, 0.05) is 20.0 Å². The van der Waals surface area contributed by atoms with Crippen LogP contribution >= 0.6 is 0 Å². The molecule has 3 N–H and O–H groups in total. The summed E-state index contributed by atoms with van der Waals surface area (Å²) in [5.41, 5.74) is 0. The van der Waals surface area contributed by atoms with Gasteiger partial charge in [-0.15, -0.1) is 0 Å². The van der Waals surface area contributed by atoms with E-state index in [1.165, 1.54) is 19.1 Å². The summed E-state index contributed by atoms with van der Waals surface area (Å²) in [4.78, 5) is 22.8. The fraction of sp³-hybridized carbons (Fsp3) is 0.579. The van der Waals surface area contributed by atoms with E-state index < -0.39 is 6.09 Å². The summed E-state index contributed by atoms with van der Waals surface area (Å²) in [6.45, 7) is 3.24. The molecule has 1 aromatic carbocycles. The minimum Gasteiger partial charge on any atom is -0.508 e. The van der Waals surface area contributed by atoms with Gasteiger partial charge in [-0.2, -0.15) is 0 Å². The zero-order valence-corrected chi connectivity index (χ0v) is 15.2. The number of rotatable bonds is 8. The number of aromatic hydroxyl groups is 1.